The first-order chi connectivity index (χ1) is 9.10. The van der Waals surface area contributed by atoms with E-state index in [1.165, 1.54) is 37.4 Å². The average molecular weight is 263 g/mol. The van der Waals surface area contributed by atoms with Crippen LogP contribution in [0.3, 0.4) is 0 Å². The SMILES string of the molecule is COc1cc(C(=O)Nc2ccc([N+](=O)[O-])cc2)on1. The fourth-order valence-corrected chi connectivity index (χ4v) is 1.32. The summed E-state index contributed by atoms with van der Waals surface area (Å²) >= 11 is 0. The van der Waals surface area contributed by atoms with Gasteiger partial charge in [-0.1, -0.05) is 0 Å². The number of nitro benzene ring substituents is 1. The highest BCUT2D eigenvalue weighted by Gasteiger charge is 2.14. The molecule has 98 valence electrons. The van der Waals surface area contributed by atoms with Crippen molar-refractivity contribution in [3.8, 4) is 5.88 Å². The highest BCUT2D eigenvalue weighted by molar-refractivity contribution is 6.02. The number of methoxy groups -OCH3 is 1. The molecule has 0 saturated heterocycles. The van der Waals surface area contributed by atoms with Gasteiger partial charge >= 0.3 is 0 Å². The van der Waals surface area contributed by atoms with Gasteiger partial charge in [0, 0.05) is 17.8 Å². The summed E-state index contributed by atoms with van der Waals surface area (Å²) in [5.41, 5.74) is 0.352. The lowest BCUT2D eigenvalue weighted by Gasteiger charge is -2.01. The van der Waals surface area contributed by atoms with E-state index in [1.54, 1.807) is 0 Å². The molecule has 0 unspecified atom stereocenters. The van der Waals surface area contributed by atoms with Crippen LogP contribution < -0.4 is 10.1 Å². The third-order valence-electron chi connectivity index (χ3n) is 2.26. The van der Waals surface area contributed by atoms with Crippen LogP contribution in [-0.2, 0) is 0 Å². The Morgan fingerprint density at radius 1 is 1.42 bits per heavy atom. The standard InChI is InChI=1S/C11H9N3O5/c1-18-10-6-9(19-13-10)11(15)12-7-2-4-8(5-3-7)14(16)17/h2-6H,1H3,(H,12,15). The molecule has 19 heavy (non-hydrogen) atoms. The summed E-state index contributed by atoms with van der Waals surface area (Å²) in [6.07, 6.45) is 0. The van der Waals surface area contributed by atoms with Gasteiger partial charge in [0.05, 0.1) is 18.1 Å². The summed E-state index contributed by atoms with van der Waals surface area (Å²) in [5, 5.41) is 16.5. The Morgan fingerprint density at radius 3 is 2.63 bits per heavy atom. The lowest BCUT2D eigenvalue weighted by atomic mass is 10.3. The fourth-order valence-electron chi connectivity index (χ4n) is 1.32. The molecule has 1 aromatic heterocycles. The Labute approximate surface area is 107 Å². The van der Waals surface area contributed by atoms with Crippen LogP contribution in [0.15, 0.2) is 34.9 Å². The van der Waals surface area contributed by atoms with Crippen molar-refractivity contribution in [3.63, 3.8) is 0 Å². The van der Waals surface area contributed by atoms with Crippen molar-refractivity contribution in [1.82, 2.24) is 5.16 Å². The molecule has 8 heteroatoms. The maximum absolute atomic E-state index is 11.7. The molecular weight excluding hydrogens is 254 g/mol. The topological polar surface area (TPSA) is 108 Å². The Morgan fingerprint density at radius 2 is 2.11 bits per heavy atom. The molecule has 0 spiro atoms. The molecule has 1 heterocycles. The van der Waals surface area contributed by atoms with E-state index in [4.69, 9.17) is 9.26 Å². The molecular formula is C11H9N3O5. The molecule has 0 radical (unpaired) electrons. The summed E-state index contributed by atoms with van der Waals surface area (Å²) in [5.74, 6) is -0.353. The van der Waals surface area contributed by atoms with Gasteiger partial charge in [0.15, 0.2) is 0 Å². The Kier molecular flexibility index (Phi) is 3.42. The van der Waals surface area contributed by atoms with Gasteiger partial charge < -0.3 is 14.6 Å². The largest absolute Gasteiger partial charge is 0.479 e. The second-order valence-corrected chi connectivity index (χ2v) is 3.49. The second-order valence-electron chi connectivity index (χ2n) is 3.49. The van der Waals surface area contributed by atoms with Crippen LogP contribution in [-0.4, -0.2) is 23.1 Å². The zero-order valence-electron chi connectivity index (χ0n) is 9.82. The van der Waals surface area contributed by atoms with E-state index in [-0.39, 0.29) is 17.3 Å². The third kappa shape index (κ3) is 2.86. The number of hydrogen-bond acceptors (Lipinski definition) is 6. The van der Waals surface area contributed by atoms with E-state index in [9.17, 15) is 14.9 Å². The molecule has 1 N–H and O–H groups in total. The lowest BCUT2D eigenvalue weighted by Crippen LogP contribution is -2.10. The number of carbonyl (C=O) groups excluding carboxylic acids is 1. The molecule has 2 rings (SSSR count). The van der Waals surface area contributed by atoms with Gasteiger partial charge in [-0.25, -0.2) is 0 Å². The first-order valence-electron chi connectivity index (χ1n) is 5.16. The summed E-state index contributed by atoms with van der Waals surface area (Å²) in [6.45, 7) is 0. The van der Waals surface area contributed by atoms with Gasteiger partial charge in [0.2, 0.25) is 5.76 Å². The Balaban J connectivity index is 2.08. The second kappa shape index (κ2) is 5.17. The summed E-state index contributed by atoms with van der Waals surface area (Å²) in [7, 11) is 1.40. The number of anilines is 1. The monoisotopic (exact) mass is 263 g/mol. The molecule has 0 fully saturated rings. The summed E-state index contributed by atoms with van der Waals surface area (Å²) in [4.78, 5) is 21.7. The van der Waals surface area contributed by atoms with E-state index < -0.39 is 10.8 Å². The normalized spacial score (nSPS) is 9.95. The maximum atomic E-state index is 11.7. The van der Waals surface area contributed by atoms with Gasteiger partial charge in [-0.3, -0.25) is 14.9 Å². The molecule has 0 aliphatic rings. The zero-order valence-corrected chi connectivity index (χ0v) is 9.82. The van der Waals surface area contributed by atoms with Crippen molar-refractivity contribution < 1.29 is 19.0 Å². The number of amides is 1. The summed E-state index contributed by atoms with van der Waals surface area (Å²) in [6, 6.07) is 6.75. The van der Waals surface area contributed by atoms with E-state index in [2.05, 4.69) is 10.5 Å². The number of nitro groups is 1. The predicted molar refractivity (Wildman–Crippen MR) is 64.1 cm³/mol. The highest BCUT2D eigenvalue weighted by atomic mass is 16.6. The third-order valence-corrected chi connectivity index (χ3v) is 2.26. The van der Waals surface area contributed by atoms with Gasteiger partial charge in [0.1, 0.15) is 0 Å². The molecule has 0 bridgehead atoms. The minimum Gasteiger partial charge on any atom is -0.479 e. The first-order valence-corrected chi connectivity index (χ1v) is 5.16. The Hall–Kier alpha value is -2.90. The number of ether oxygens (including phenoxy) is 1. The number of nitrogens with zero attached hydrogens (tertiary/aromatic N) is 2. The molecule has 2 aromatic rings. The molecule has 0 aliphatic carbocycles. The van der Waals surface area contributed by atoms with Crippen LogP contribution in [0.5, 0.6) is 5.88 Å². The van der Waals surface area contributed by atoms with Crippen molar-refractivity contribution in [2.75, 3.05) is 12.4 Å². The number of aromatic nitrogens is 1. The number of non-ortho nitro benzene ring substituents is 1. The number of rotatable bonds is 4. The van der Waals surface area contributed by atoms with Gasteiger partial charge in [-0.2, -0.15) is 0 Å². The minimum atomic E-state index is -0.523. The number of nitrogens with one attached hydrogen (secondary N) is 1. The number of benzene rings is 1. The molecule has 0 atom stereocenters. The number of carbonyl (C=O) groups is 1. The smallest absolute Gasteiger partial charge is 0.294 e. The molecule has 0 saturated carbocycles. The average Bonchev–Trinajstić information content (AvgIpc) is 2.88. The van der Waals surface area contributed by atoms with Crippen molar-refractivity contribution in [2.45, 2.75) is 0 Å². The fraction of sp³-hybridized carbons (Fsp3) is 0.0909. The van der Waals surface area contributed by atoms with E-state index >= 15 is 0 Å². The minimum absolute atomic E-state index is 0.0183. The van der Waals surface area contributed by atoms with Crippen LogP contribution >= 0.6 is 0 Å². The quantitative estimate of drug-likeness (QED) is 0.666. The zero-order chi connectivity index (χ0) is 13.8. The van der Waals surface area contributed by atoms with Crippen molar-refractivity contribution in [1.29, 1.82) is 0 Å². The highest BCUT2D eigenvalue weighted by Crippen LogP contribution is 2.17. The summed E-state index contributed by atoms with van der Waals surface area (Å²) < 4.78 is 9.53. The molecule has 1 aromatic carbocycles. The van der Waals surface area contributed by atoms with Crippen molar-refractivity contribution in [3.05, 3.63) is 46.2 Å². The first kappa shape index (κ1) is 12.6. The molecule has 1 amide bonds. The van der Waals surface area contributed by atoms with Crippen molar-refractivity contribution >= 4 is 17.3 Å². The van der Waals surface area contributed by atoms with Crippen molar-refractivity contribution in [2.24, 2.45) is 0 Å². The van der Waals surface area contributed by atoms with Crippen LogP contribution in [0.25, 0.3) is 0 Å². The lowest BCUT2D eigenvalue weighted by molar-refractivity contribution is -0.384. The molecule has 0 aliphatic heterocycles. The van der Waals surface area contributed by atoms with E-state index in [0.29, 0.717) is 5.69 Å². The maximum Gasteiger partial charge on any atom is 0.294 e. The van der Waals surface area contributed by atoms with Crippen LogP contribution in [0.2, 0.25) is 0 Å². The molecule has 8 nitrogen and oxygen atoms in total. The predicted octanol–water partition coefficient (Wildman–Crippen LogP) is 1.84. The Bertz CT molecular complexity index is 605. The van der Waals surface area contributed by atoms with Crippen LogP contribution in [0.1, 0.15) is 10.6 Å². The number of hydrogen-bond donors (Lipinski definition) is 1. The van der Waals surface area contributed by atoms with E-state index in [0.717, 1.165) is 0 Å². The van der Waals surface area contributed by atoms with E-state index in [1.807, 2.05) is 0 Å². The van der Waals surface area contributed by atoms with Gasteiger partial charge in [-0.15, -0.1) is 0 Å². The van der Waals surface area contributed by atoms with Crippen LogP contribution in [0.4, 0.5) is 11.4 Å². The van der Waals surface area contributed by atoms with Crippen LogP contribution in [0, 0.1) is 10.1 Å². The van der Waals surface area contributed by atoms with Gasteiger partial charge in [0.25, 0.3) is 17.5 Å². The van der Waals surface area contributed by atoms with Gasteiger partial charge in [-0.05, 0) is 17.3 Å².